The third-order valence-electron chi connectivity index (χ3n) is 3.69. The number of fused-ring (bicyclic) bond motifs is 1. The van der Waals surface area contributed by atoms with Gasteiger partial charge in [-0.25, -0.2) is 4.39 Å². The lowest BCUT2D eigenvalue weighted by molar-refractivity contribution is -0.0987. The molecule has 0 fully saturated rings. The van der Waals surface area contributed by atoms with Crippen LogP contribution >= 0.6 is 0 Å². The Kier molecular flexibility index (Phi) is 12.4. The molecule has 0 amide bonds. The maximum Gasteiger partial charge on any atom is 0.123 e. The lowest BCUT2D eigenvalue weighted by Crippen LogP contribution is -2.23. The van der Waals surface area contributed by atoms with Crippen molar-refractivity contribution in [3.8, 4) is 5.75 Å². The van der Waals surface area contributed by atoms with E-state index in [1.54, 1.807) is 12.1 Å². The number of carbonyl (C=O) groups is 2. The summed E-state index contributed by atoms with van der Waals surface area (Å²) in [5.41, 5.74) is 5.20. The highest BCUT2D eigenvalue weighted by molar-refractivity contribution is 5.43. The molecule has 0 radical (unpaired) electrons. The first kappa shape index (κ1) is 23.5. The van der Waals surface area contributed by atoms with Crippen LogP contribution in [0.5, 0.6) is 5.75 Å². The number of hydrogen-bond acceptors (Lipinski definition) is 4. The SMILES string of the molecule is C=O.C=O.CCOc1cc2c(cc1C)CNCC2.Cc1ccc(F)cc1. The van der Waals surface area contributed by atoms with E-state index in [9.17, 15) is 4.39 Å². The largest absolute Gasteiger partial charge is 0.494 e. The third-order valence-corrected chi connectivity index (χ3v) is 3.69. The summed E-state index contributed by atoms with van der Waals surface area (Å²) in [6.45, 7) is 12.9. The van der Waals surface area contributed by atoms with Gasteiger partial charge in [0, 0.05) is 6.54 Å². The molecule has 26 heavy (non-hydrogen) atoms. The lowest BCUT2D eigenvalue weighted by atomic mass is 9.98. The first-order chi connectivity index (χ1) is 12.6. The summed E-state index contributed by atoms with van der Waals surface area (Å²) in [6, 6.07) is 10.8. The molecule has 1 heterocycles. The molecular formula is C21H28FNO3. The molecule has 5 heteroatoms. The molecule has 3 rings (SSSR count). The number of hydrogen-bond donors (Lipinski definition) is 1. The minimum atomic E-state index is -0.171. The summed E-state index contributed by atoms with van der Waals surface area (Å²) in [4.78, 5) is 16.0. The van der Waals surface area contributed by atoms with Crippen molar-refractivity contribution in [1.29, 1.82) is 0 Å². The second-order valence-corrected chi connectivity index (χ2v) is 5.54. The van der Waals surface area contributed by atoms with Crippen molar-refractivity contribution < 1.29 is 18.7 Å². The van der Waals surface area contributed by atoms with E-state index in [0.29, 0.717) is 0 Å². The molecule has 0 saturated heterocycles. The fourth-order valence-electron chi connectivity index (χ4n) is 2.48. The topological polar surface area (TPSA) is 55.4 Å². The van der Waals surface area contributed by atoms with Crippen molar-refractivity contribution in [2.45, 2.75) is 33.7 Å². The summed E-state index contributed by atoms with van der Waals surface area (Å²) < 4.78 is 17.7. The fraction of sp³-hybridized carbons (Fsp3) is 0.333. The van der Waals surface area contributed by atoms with Crippen LogP contribution in [0.25, 0.3) is 0 Å². The van der Waals surface area contributed by atoms with E-state index < -0.39 is 0 Å². The van der Waals surface area contributed by atoms with E-state index in [0.717, 1.165) is 37.4 Å². The van der Waals surface area contributed by atoms with Crippen LogP contribution in [0.15, 0.2) is 36.4 Å². The molecule has 142 valence electrons. The van der Waals surface area contributed by atoms with Crippen molar-refractivity contribution in [3.63, 3.8) is 0 Å². The molecule has 0 atom stereocenters. The Labute approximate surface area is 155 Å². The number of halogens is 1. The first-order valence-electron chi connectivity index (χ1n) is 8.36. The van der Waals surface area contributed by atoms with Gasteiger partial charge >= 0.3 is 0 Å². The summed E-state index contributed by atoms with van der Waals surface area (Å²) in [7, 11) is 0. The van der Waals surface area contributed by atoms with E-state index in [1.165, 1.54) is 28.8 Å². The zero-order chi connectivity index (χ0) is 19.9. The van der Waals surface area contributed by atoms with Gasteiger partial charge in [0.15, 0.2) is 0 Å². The number of nitrogens with one attached hydrogen (secondary N) is 1. The fourth-order valence-corrected chi connectivity index (χ4v) is 2.48. The van der Waals surface area contributed by atoms with Gasteiger partial charge in [-0.3, -0.25) is 0 Å². The van der Waals surface area contributed by atoms with Crippen LogP contribution in [0, 0.1) is 19.7 Å². The summed E-state index contributed by atoms with van der Waals surface area (Å²) >= 11 is 0. The predicted molar refractivity (Wildman–Crippen MR) is 103 cm³/mol. The Hall–Kier alpha value is -2.53. The number of aryl methyl sites for hydroxylation is 2. The van der Waals surface area contributed by atoms with Crippen molar-refractivity contribution in [2.24, 2.45) is 0 Å². The van der Waals surface area contributed by atoms with Crippen molar-refractivity contribution in [1.82, 2.24) is 5.32 Å². The van der Waals surface area contributed by atoms with Gasteiger partial charge < -0.3 is 19.6 Å². The van der Waals surface area contributed by atoms with Gasteiger partial charge in [0.25, 0.3) is 0 Å². The molecule has 1 aliphatic heterocycles. The Morgan fingerprint density at radius 1 is 1.04 bits per heavy atom. The molecule has 0 aliphatic carbocycles. The zero-order valence-corrected chi connectivity index (χ0v) is 15.8. The Balaban J connectivity index is 0.000000444. The van der Waals surface area contributed by atoms with Crippen LogP contribution in [-0.4, -0.2) is 26.7 Å². The van der Waals surface area contributed by atoms with Crippen LogP contribution in [0.3, 0.4) is 0 Å². The number of benzene rings is 2. The minimum absolute atomic E-state index is 0.171. The molecule has 4 nitrogen and oxygen atoms in total. The first-order valence-corrected chi connectivity index (χ1v) is 8.36. The lowest BCUT2D eigenvalue weighted by Gasteiger charge is -2.19. The maximum absolute atomic E-state index is 12.1. The van der Waals surface area contributed by atoms with Gasteiger partial charge in [-0.2, -0.15) is 0 Å². The standard InChI is InChI=1S/C12H17NO.C7H7F.2CH2O/c1-3-14-12-7-10-4-5-13-8-11(10)6-9(12)2;1-6-2-4-7(8)5-3-6;2*1-2/h6-7,13H,3-5,8H2,1-2H3;2-5H,1H3;2*1H2. The molecule has 2 aromatic carbocycles. The van der Waals surface area contributed by atoms with Crippen LogP contribution < -0.4 is 10.1 Å². The van der Waals surface area contributed by atoms with Crippen molar-refractivity contribution in [3.05, 3.63) is 64.5 Å². The van der Waals surface area contributed by atoms with Gasteiger partial charge in [-0.05, 0) is 68.6 Å². The molecule has 0 bridgehead atoms. The van der Waals surface area contributed by atoms with Crippen molar-refractivity contribution in [2.75, 3.05) is 13.2 Å². The number of ether oxygens (including phenoxy) is 1. The molecule has 1 N–H and O–H groups in total. The smallest absolute Gasteiger partial charge is 0.123 e. The van der Waals surface area contributed by atoms with E-state index in [2.05, 4.69) is 24.4 Å². The number of carbonyl (C=O) groups excluding carboxylic acids is 2. The van der Waals surface area contributed by atoms with Crippen LogP contribution in [0.2, 0.25) is 0 Å². The molecule has 1 aliphatic rings. The molecule has 0 aromatic heterocycles. The number of rotatable bonds is 2. The zero-order valence-electron chi connectivity index (χ0n) is 15.8. The van der Waals surface area contributed by atoms with Gasteiger partial charge in [-0.15, -0.1) is 0 Å². The maximum atomic E-state index is 12.1. The monoisotopic (exact) mass is 361 g/mol. The molecule has 2 aromatic rings. The highest BCUT2D eigenvalue weighted by Gasteiger charge is 2.11. The van der Waals surface area contributed by atoms with E-state index >= 15 is 0 Å². The van der Waals surface area contributed by atoms with Gasteiger partial charge in [0.2, 0.25) is 0 Å². The average Bonchev–Trinajstić information content (AvgIpc) is 2.69. The Morgan fingerprint density at radius 3 is 2.19 bits per heavy atom. The average molecular weight is 361 g/mol. The van der Waals surface area contributed by atoms with Crippen LogP contribution in [0.4, 0.5) is 4.39 Å². The quantitative estimate of drug-likeness (QED) is 0.884. The van der Waals surface area contributed by atoms with E-state index in [4.69, 9.17) is 14.3 Å². The Morgan fingerprint density at radius 2 is 1.65 bits per heavy atom. The summed E-state index contributed by atoms with van der Waals surface area (Å²) in [5, 5.41) is 3.38. The molecule has 0 saturated carbocycles. The second-order valence-electron chi connectivity index (χ2n) is 5.54. The molecule has 0 unspecified atom stereocenters. The van der Waals surface area contributed by atoms with Crippen molar-refractivity contribution >= 4 is 13.6 Å². The summed E-state index contributed by atoms with van der Waals surface area (Å²) in [5.74, 6) is 0.878. The second kappa shape index (κ2) is 13.7. The minimum Gasteiger partial charge on any atom is -0.494 e. The predicted octanol–water partition coefficient (Wildman–Crippen LogP) is 3.80. The van der Waals surface area contributed by atoms with E-state index in [-0.39, 0.29) is 5.82 Å². The molecule has 0 spiro atoms. The Bertz CT molecular complexity index is 621. The van der Waals surface area contributed by atoms with Crippen LogP contribution in [0.1, 0.15) is 29.2 Å². The van der Waals surface area contributed by atoms with Gasteiger partial charge in [0.05, 0.1) is 6.61 Å². The summed E-state index contributed by atoms with van der Waals surface area (Å²) in [6.07, 6.45) is 1.12. The molecular weight excluding hydrogens is 333 g/mol. The highest BCUT2D eigenvalue weighted by atomic mass is 19.1. The normalized spacial score (nSPS) is 11.2. The van der Waals surface area contributed by atoms with Gasteiger partial charge in [-0.1, -0.05) is 23.8 Å². The van der Waals surface area contributed by atoms with E-state index in [1.807, 2.05) is 27.4 Å². The highest BCUT2D eigenvalue weighted by Crippen LogP contribution is 2.25. The van der Waals surface area contributed by atoms with Crippen LogP contribution in [-0.2, 0) is 22.6 Å². The third kappa shape index (κ3) is 8.03. The van der Waals surface area contributed by atoms with Gasteiger partial charge in [0.1, 0.15) is 25.1 Å².